The van der Waals surface area contributed by atoms with Gasteiger partial charge in [0.25, 0.3) is 5.91 Å². The van der Waals surface area contributed by atoms with Crippen LogP contribution in [0.3, 0.4) is 0 Å². The van der Waals surface area contributed by atoms with Crippen molar-refractivity contribution in [2.45, 2.75) is 57.3 Å². The molecule has 4 rings (SSSR count). The van der Waals surface area contributed by atoms with E-state index in [0.717, 1.165) is 50.2 Å². The molecule has 4 heterocycles. The van der Waals surface area contributed by atoms with E-state index < -0.39 is 0 Å². The minimum Gasteiger partial charge on any atom is -0.363 e. The Hall–Kier alpha value is -1.73. The number of ether oxygens (including phenoxy) is 1. The average Bonchev–Trinajstić information content (AvgIpc) is 3.05. The maximum atomic E-state index is 12.6. The van der Waals surface area contributed by atoms with Crippen LogP contribution < -0.4 is 4.90 Å². The number of amides is 1. The molecule has 24 heavy (non-hydrogen) atoms. The topological polar surface area (TPSA) is 67.8 Å². The van der Waals surface area contributed by atoms with Crippen LogP contribution in [0.2, 0.25) is 0 Å². The second kappa shape index (κ2) is 6.64. The summed E-state index contributed by atoms with van der Waals surface area (Å²) in [5.74, 6) is 0.891. The van der Waals surface area contributed by atoms with E-state index in [9.17, 15) is 4.79 Å². The van der Waals surface area contributed by atoms with Crippen molar-refractivity contribution in [3.63, 3.8) is 0 Å². The molecule has 0 spiro atoms. The summed E-state index contributed by atoms with van der Waals surface area (Å²) in [5, 5.41) is 9.97. The van der Waals surface area contributed by atoms with E-state index in [2.05, 4.69) is 15.1 Å². The van der Waals surface area contributed by atoms with E-state index in [4.69, 9.17) is 9.57 Å². The molecule has 0 radical (unpaired) electrons. The predicted octanol–water partition coefficient (Wildman–Crippen LogP) is 1.47. The van der Waals surface area contributed by atoms with Crippen LogP contribution in [0.5, 0.6) is 0 Å². The highest BCUT2D eigenvalue weighted by Crippen LogP contribution is 2.34. The van der Waals surface area contributed by atoms with E-state index in [0.29, 0.717) is 13.2 Å². The third-order valence-corrected chi connectivity index (χ3v) is 5.15. The number of nitrogens with zero attached hydrogens (tertiary/aromatic N) is 4. The Morgan fingerprint density at radius 2 is 2.08 bits per heavy atom. The lowest BCUT2D eigenvalue weighted by molar-refractivity contribution is -0.212. The van der Waals surface area contributed by atoms with Crippen molar-refractivity contribution in [3.8, 4) is 0 Å². The SMILES string of the molecule is Cc1ccc(N2CC[C@@H]3O[C@@H](C(=O)N4CCCCO4)CC[C@@H]32)nn1. The molecular formula is C17H24N4O3. The third-order valence-electron chi connectivity index (χ3n) is 5.15. The monoisotopic (exact) mass is 332 g/mol. The smallest absolute Gasteiger partial charge is 0.275 e. The van der Waals surface area contributed by atoms with Crippen molar-refractivity contribution in [2.24, 2.45) is 0 Å². The first-order valence-electron chi connectivity index (χ1n) is 8.89. The summed E-state index contributed by atoms with van der Waals surface area (Å²) in [6.45, 7) is 4.14. The zero-order valence-electron chi connectivity index (χ0n) is 14.1. The molecule has 0 aliphatic carbocycles. The van der Waals surface area contributed by atoms with Crippen LogP contribution in [0, 0.1) is 6.92 Å². The van der Waals surface area contributed by atoms with E-state index >= 15 is 0 Å². The highest BCUT2D eigenvalue weighted by Gasteiger charge is 2.43. The molecule has 0 unspecified atom stereocenters. The van der Waals surface area contributed by atoms with E-state index in [1.165, 1.54) is 5.06 Å². The highest BCUT2D eigenvalue weighted by molar-refractivity contribution is 5.80. The van der Waals surface area contributed by atoms with Crippen molar-refractivity contribution in [3.05, 3.63) is 17.8 Å². The van der Waals surface area contributed by atoms with Crippen LogP contribution in [0.1, 0.15) is 37.8 Å². The summed E-state index contributed by atoms with van der Waals surface area (Å²) in [6, 6.07) is 4.29. The molecule has 0 N–H and O–H groups in total. The summed E-state index contributed by atoms with van der Waals surface area (Å²) >= 11 is 0. The number of aryl methyl sites for hydroxylation is 1. The van der Waals surface area contributed by atoms with Gasteiger partial charge in [-0.05, 0) is 51.2 Å². The number of hydrogen-bond donors (Lipinski definition) is 0. The minimum absolute atomic E-state index is 0.0123. The number of aromatic nitrogens is 2. The first kappa shape index (κ1) is 15.8. The van der Waals surface area contributed by atoms with Crippen LogP contribution >= 0.6 is 0 Å². The molecule has 3 saturated heterocycles. The molecule has 3 atom stereocenters. The van der Waals surface area contributed by atoms with Crippen molar-refractivity contribution >= 4 is 11.7 Å². The van der Waals surface area contributed by atoms with Gasteiger partial charge in [0.15, 0.2) is 5.82 Å². The highest BCUT2D eigenvalue weighted by atomic mass is 16.7. The summed E-state index contributed by atoms with van der Waals surface area (Å²) in [6.07, 6.45) is 4.33. The number of carbonyl (C=O) groups is 1. The second-order valence-electron chi connectivity index (χ2n) is 6.80. The summed E-state index contributed by atoms with van der Waals surface area (Å²) < 4.78 is 6.14. The number of anilines is 1. The Morgan fingerprint density at radius 3 is 2.83 bits per heavy atom. The predicted molar refractivity (Wildman–Crippen MR) is 87.3 cm³/mol. The Bertz CT molecular complexity index is 588. The second-order valence-corrected chi connectivity index (χ2v) is 6.80. The van der Waals surface area contributed by atoms with Gasteiger partial charge in [-0.3, -0.25) is 9.63 Å². The molecule has 1 amide bonds. The van der Waals surface area contributed by atoms with Gasteiger partial charge in [0.2, 0.25) is 0 Å². The van der Waals surface area contributed by atoms with Crippen LogP contribution in [0.4, 0.5) is 5.82 Å². The Labute approximate surface area is 141 Å². The molecule has 3 aliphatic rings. The molecule has 0 aromatic carbocycles. The maximum Gasteiger partial charge on any atom is 0.275 e. The van der Waals surface area contributed by atoms with Crippen molar-refractivity contribution in [1.82, 2.24) is 15.3 Å². The minimum atomic E-state index is -0.367. The largest absolute Gasteiger partial charge is 0.363 e. The standard InChI is InChI=1S/C17H24N4O3/c1-12-4-7-16(19-18-12)20-10-8-14-13(20)5-6-15(24-14)17(22)21-9-2-3-11-23-21/h4,7,13-15H,2-3,5-6,8-11H2,1H3/t13-,14-,15+/m0/s1. The van der Waals surface area contributed by atoms with Gasteiger partial charge in [-0.25, -0.2) is 5.06 Å². The normalized spacial score (nSPS) is 30.3. The zero-order chi connectivity index (χ0) is 16.5. The molecule has 0 bridgehead atoms. The summed E-state index contributed by atoms with van der Waals surface area (Å²) in [5.41, 5.74) is 0.918. The lowest BCUT2D eigenvalue weighted by atomic mass is 9.98. The molecule has 7 heteroatoms. The lowest BCUT2D eigenvalue weighted by Crippen LogP contribution is -2.50. The van der Waals surface area contributed by atoms with Gasteiger partial charge in [-0.15, -0.1) is 5.10 Å². The number of hydroxylamine groups is 2. The van der Waals surface area contributed by atoms with Crippen LogP contribution in [-0.2, 0) is 14.4 Å². The quantitative estimate of drug-likeness (QED) is 0.817. The zero-order valence-corrected chi connectivity index (χ0v) is 14.1. The molecule has 7 nitrogen and oxygen atoms in total. The molecule has 1 aromatic rings. The van der Waals surface area contributed by atoms with Gasteiger partial charge < -0.3 is 9.64 Å². The molecule has 1 aromatic heterocycles. The molecule has 3 fully saturated rings. The van der Waals surface area contributed by atoms with Gasteiger partial charge in [0.1, 0.15) is 6.10 Å². The van der Waals surface area contributed by atoms with Gasteiger partial charge >= 0.3 is 0 Å². The van der Waals surface area contributed by atoms with Crippen molar-refractivity contribution in [2.75, 3.05) is 24.6 Å². The van der Waals surface area contributed by atoms with Gasteiger partial charge in [0, 0.05) is 13.1 Å². The van der Waals surface area contributed by atoms with E-state index in [1.807, 2.05) is 19.1 Å². The van der Waals surface area contributed by atoms with Crippen LogP contribution in [0.15, 0.2) is 12.1 Å². The maximum absolute atomic E-state index is 12.6. The van der Waals surface area contributed by atoms with Crippen molar-refractivity contribution in [1.29, 1.82) is 0 Å². The molecular weight excluding hydrogens is 308 g/mol. The number of carbonyl (C=O) groups excluding carboxylic acids is 1. The van der Waals surface area contributed by atoms with Crippen molar-refractivity contribution < 1.29 is 14.4 Å². The Balaban J connectivity index is 1.40. The van der Waals surface area contributed by atoms with Crippen LogP contribution in [0.25, 0.3) is 0 Å². The number of fused-ring (bicyclic) bond motifs is 1. The summed E-state index contributed by atoms with van der Waals surface area (Å²) in [7, 11) is 0. The fourth-order valence-corrected chi connectivity index (χ4v) is 3.87. The van der Waals surface area contributed by atoms with Gasteiger partial charge in [0.05, 0.1) is 24.4 Å². The Morgan fingerprint density at radius 1 is 1.17 bits per heavy atom. The van der Waals surface area contributed by atoms with E-state index in [-0.39, 0.29) is 24.2 Å². The lowest BCUT2D eigenvalue weighted by Gasteiger charge is -2.37. The first-order valence-corrected chi connectivity index (χ1v) is 8.89. The van der Waals surface area contributed by atoms with Gasteiger partial charge in [-0.1, -0.05) is 0 Å². The number of hydrogen-bond acceptors (Lipinski definition) is 6. The summed E-state index contributed by atoms with van der Waals surface area (Å²) in [4.78, 5) is 20.3. The van der Waals surface area contributed by atoms with E-state index in [1.54, 1.807) is 0 Å². The molecule has 3 aliphatic heterocycles. The fourth-order valence-electron chi connectivity index (χ4n) is 3.87. The first-order chi connectivity index (χ1) is 11.7. The molecule has 130 valence electrons. The average molecular weight is 332 g/mol. The third kappa shape index (κ3) is 2.98. The fraction of sp³-hybridized carbons (Fsp3) is 0.706. The molecule has 0 saturated carbocycles. The van der Waals surface area contributed by atoms with Gasteiger partial charge in [-0.2, -0.15) is 5.10 Å². The number of rotatable bonds is 2. The Kier molecular flexibility index (Phi) is 4.37. The van der Waals surface area contributed by atoms with Crippen LogP contribution in [-0.4, -0.2) is 59.1 Å².